The van der Waals surface area contributed by atoms with E-state index >= 15 is 0 Å². The molecule has 0 fully saturated rings. The van der Waals surface area contributed by atoms with E-state index in [2.05, 4.69) is 10.6 Å². The molecular weight excluding hydrogens is 1380 g/mol. The third-order valence-corrected chi connectivity index (χ3v) is 13.9. The van der Waals surface area contributed by atoms with E-state index in [4.69, 9.17) is 128 Å². The molecule has 0 aliphatic heterocycles. The van der Waals surface area contributed by atoms with Crippen LogP contribution in [0.15, 0.2) is 0 Å². The van der Waals surface area contributed by atoms with E-state index < -0.39 is 7.60 Å². The standard InChI is InChI=1S/C66H131N2O31PS/c1-100(72,73)99-13-7-5-3-4-6-8-66(71)98-16-12-68-64(69)9-14-74-17-19-76-21-23-78-25-27-80-29-31-82-33-35-84-37-39-86-41-43-88-45-47-90-49-51-92-53-55-94-57-59-96-61-62-97-60-58-95-56-54-93-52-50-91-48-46-89-44-42-87-40-38-85-36-34-83-32-30-81-28-26-79-24-22-77-20-18-75-15-11-67-65(70)10-63-101-2/h3-63H2,1-2H3,(H,67,70)(H,68,69)(H,72,73). The average molecular weight is 1510 g/mol. The fourth-order valence-electron chi connectivity index (χ4n) is 7.52. The SMILES string of the molecule is CSCCC(=O)NCCOCCOCCOCCOCCOCCOCCOCCOCCOCCOCCOCCOCCOCCOCCOCCOCCOCCOCCOCCOCCOCCOCCOCCOCCC(=O)NCCOC(=O)CCCCCCCOP(C)(=O)O. The van der Waals surface area contributed by atoms with E-state index in [1.165, 1.54) is 0 Å². The molecule has 602 valence electrons. The Morgan fingerprint density at radius 3 is 0.723 bits per heavy atom. The topological polar surface area (TPSA) is 353 Å². The molecule has 35 heteroatoms. The lowest BCUT2D eigenvalue weighted by Crippen LogP contribution is -2.28. The Bertz CT molecular complexity index is 1720. The van der Waals surface area contributed by atoms with E-state index in [-0.39, 0.29) is 50.6 Å². The van der Waals surface area contributed by atoms with Gasteiger partial charge in [-0.15, -0.1) is 0 Å². The van der Waals surface area contributed by atoms with Gasteiger partial charge in [-0.2, -0.15) is 11.8 Å². The second-order valence-electron chi connectivity index (χ2n) is 21.3. The summed E-state index contributed by atoms with van der Waals surface area (Å²) in [5.41, 5.74) is 0. The molecule has 101 heavy (non-hydrogen) atoms. The van der Waals surface area contributed by atoms with Crippen molar-refractivity contribution in [3.8, 4) is 0 Å². The first-order valence-electron chi connectivity index (χ1n) is 35.7. The van der Waals surface area contributed by atoms with Gasteiger partial charge in [0.25, 0.3) is 0 Å². The van der Waals surface area contributed by atoms with Crippen molar-refractivity contribution in [3.63, 3.8) is 0 Å². The van der Waals surface area contributed by atoms with Crippen LogP contribution in [0, 0.1) is 0 Å². The Hall–Kier alpha value is -2.05. The van der Waals surface area contributed by atoms with E-state index in [0.717, 1.165) is 31.7 Å². The summed E-state index contributed by atoms with van der Waals surface area (Å²) in [5, 5.41) is 5.51. The van der Waals surface area contributed by atoms with Gasteiger partial charge in [-0.25, -0.2) is 0 Å². The molecule has 1 unspecified atom stereocenters. The van der Waals surface area contributed by atoms with Crippen molar-refractivity contribution in [1.82, 2.24) is 10.6 Å². The van der Waals surface area contributed by atoms with Gasteiger partial charge in [0.15, 0.2) is 0 Å². The van der Waals surface area contributed by atoms with Gasteiger partial charge in [0, 0.05) is 38.2 Å². The Morgan fingerprint density at radius 2 is 0.475 bits per heavy atom. The van der Waals surface area contributed by atoms with Gasteiger partial charge in [-0.1, -0.05) is 19.3 Å². The lowest BCUT2D eigenvalue weighted by atomic mass is 10.1. The van der Waals surface area contributed by atoms with E-state index in [0.29, 0.717) is 343 Å². The summed E-state index contributed by atoms with van der Waals surface area (Å²) in [6.45, 7) is 24.4. The zero-order valence-electron chi connectivity index (χ0n) is 61.2. The van der Waals surface area contributed by atoms with Crippen LogP contribution in [0.4, 0.5) is 0 Å². The zero-order chi connectivity index (χ0) is 72.9. The Kier molecular flexibility index (Phi) is 85.1. The van der Waals surface area contributed by atoms with Crippen LogP contribution in [0.2, 0.25) is 0 Å². The van der Waals surface area contributed by atoms with Gasteiger partial charge in [-0.3, -0.25) is 18.9 Å². The maximum absolute atomic E-state index is 11.9. The Labute approximate surface area is 605 Å². The Balaban J connectivity index is 3.14. The van der Waals surface area contributed by atoms with Crippen LogP contribution in [-0.4, -0.2) is 385 Å². The number of carbonyl (C=O) groups is 3. The predicted octanol–water partition coefficient (Wildman–Crippen LogP) is 2.48. The van der Waals surface area contributed by atoms with Gasteiger partial charge in [-0.05, 0) is 19.1 Å². The summed E-state index contributed by atoms with van der Waals surface area (Å²) in [4.78, 5) is 44.4. The van der Waals surface area contributed by atoms with Crippen LogP contribution < -0.4 is 10.6 Å². The number of unbranched alkanes of at least 4 members (excludes halogenated alkanes) is 4. The van der Waals surface area contributed by atoms with E-state index in [1.807, 2.05) is 6.26 Å². The maximum Gasteiger partial charge on any atom is 0.325 e. The van der Waals surface area contributed by atoms with Crippen molar-refractivity contribution in [2.45, 2.75) is 51.4 Å². The van der Waals surface area contributed by atoms with Gasteiger partial charge < -0.3 is 138 Å². The number of nitrogens with one attached hydrogen (secondary N) is 2. The molecule has 0 rings (SSSR count). The first-order valence-corrected chi connectivity index (χ1v) is 39.1. The molecule has 0 aromatic carbocycles. The average Bonchev–Trinajstić information content (AvgIpc) is 3.11. The van der Waals surface area contributed by atoms with Crippen LogP contribution in [0.3, 0.4) is 0 Å². The van der Waals surface area contributed by atoms with E-state index in [9.17, 15) is 18.9 Å². The summed E-state index contributed by atoms with van der Waals surface area (Å²) in [7, 11) is -3.41. The van der Waals surface area contributed by atoms with Crippen molar-refractivity contribution < 1.29 is 147 Å². The predicted molar refractivity (Wildman–Crippen MR) is 374 cm³/mol. The van der Waals surface area contributed by atoms with Crippen molar-refractivity contribution in [2.75, 3.05) is 362 Å². The molecule has 0 aromatic rings. The normalized spacial score (nSPS) is 12.2. The number of thioether (sulfide) groups is 1. The fraction of sp³-hybridized carbons (Fsp3) is 0.955. The van der Waals surface area contributed by atoms with Crippen LogP contribution in [0.1, 0.15) is 51.4 Å². The minimum Gasteiger partial charge on any atom is -0.464 e. The summed E-state index contributed by atoms with van der Waals surface area (Å²) in [6, 6.07) is 0. The second kappa shape index (κ2) is 86.9. The molecule has 0 saturated carbocycles. The van der Waals surface area contributed by atoms with Gasteiger partial charge in [0.05, 0.1) is 330 Å². The number of amides is 2. The molecular formula is C66H131N2O31PS. The number of hydrogen-bond acceptors (Lipinski definition) is 31. The first-order chi connectivity index (χ1) is 49.7. The smallest absolute Gasteiger partial charge is 0.325 e. The minimum absolute atomic E-state index is 0.0499. The van der Waals surface area contributed by atoms with E-state index in [1.54, 1.807) is 11.8 Å². The number of carbonyl (C=O) groups excluding carboxylic acids is 3. The minimum atomic E-state index is -3.41. The molecule has 0 heterocycles. The van der Waals surface area contributed by atoms with Gasteiger partial charge in [0.2, 0.25) is 11.8 Å². The monoisotopic (exact) mass is 1510 g/mol. The molecule has 0 aliphatic rings. The molecule has 0 bridgehead atoms. The lowest BCUT2D eigenvalue weighted by molar-refractivity contribution is -0.144. The molecule has 0 aromatic heterocycles. The maximum atomic E-state index is 11.9. The fourth-order valence-corrected chi connectivity index (χ4v) is 8.38. The number of ether oxygens (including phenoxy) is 25. The molecule has 0 aliphatic carbocycles. The molecule has 1 atom stereocenters. The van der Waals surface area contributed by atoms with Crippen LogP contribution in [0.5, 0.6) is 0 Å². The highest BCUT2D eigenvalue weighted by Crippen LogP contribution is 2.36. The highest BCUT2D eigenvalue weighted by molar-refractivity contribution is 7.98. The van der Waals surface area contributed by atoms with Crippen LogP contribution in [0.25, 0.3) is 0 Å². The van der Waals surface area contributed by atoms with Crippen LogP contribution in [-0.2, 0) is 142 Å². The number of esters is 1. The zero-order valence-corrected chi connectivity index (χ0v) is 62.9. The quantitative estimate of drug-likeness (QED) is 0.0447. The number of rotatable bonds is 90. The molecule has 33 nitrogen and oxygen atoms in total. The van der Waals surface area contributed by atoms with Crippen molar-refractivity contribution in [2.24, 2.45) is 0 Å². The third-order valence-electron chi connectivity index (χ3n) is 12.7. The first kappa shape index (κ1) is 98.9. The molecule has 0 spiro atoms. The van der Waals surface area contributed by atoms with Gasteiger partial charge >= 0.3 is 13.6 Å². The highest BCUT2D eigenvalue weighted by atomic mass is 32.2. The molecule has 3 N–H and O–H groups in total. The summed E-state index contributed by atoms with van der Waals surface area (Å²) >= 11 is 1.65. The molecule has 2 amide bonds. The third kappa shape index (κ3) is 92.1. The van der Waals surface area contributed by atoms with Crippen molar-refractivity contribution in [1.29, 1.82) is 0 Å². The number of hydrogen-bond donors (Lipinski definition) is 3. The van der Waals surface area contributed by atoms with Crippen molar-refractivity contribution >= 4 is 37.1 Å². The lowest BCUT2D eigenvalue weighted by Gasteiger charge is -2.09. The second-order valence-corrected chi connectivity index (χ2v) is 24.1. The van der Waals surface area contributed by atoms with Crippen molar-refractivity contribution in [3.05, 3.63) is 0 Å². The summed E-state index contributed by atoms with van der Waals surface area (Å²) < 4.78 is 153. The summed E-state index contributed by atoms with van der Waals surface area (Å²) in [6.07, 6.45) is 7.02. The van der Waals surface area contributed by atoms with Gasteiger partial charge in [0.1, 0.15) is 6.61 Å². The largest absolute Gasteiger partial charge is 0.464 e. The van der Waals surface area contributed by atoms with Crippen LogP contribution >= 0.6 is 19.4 Å². The molecule has 0 radical (unpaired) electrons. The highest BCUT2D eigenvalue weighted by Gasteiger charge is 2.10. The molecule has 0 saturated heterocycles. The summed E-state index contributed by atoms with van der Waals surface area (Å²) in [5.74, 6) is 0.379. The Morgan fingerprint density at radius 1 is 0.267 bits per heavy atom.